The largest absolute Gasteiger partial charge is 0.440 e. The summed E-state index contributed by atoms with van der Waals surface area (Å²) in [7, 11) is 0. The lowest BCUT2D eigenvalue weighted by Gasteiger charge is -2.26. The number of nitrogens with two attached hydrogens (primary N) is 1. The Morgan fingerprint density at radius 3 is 2.57 bits per heavy atom. The molecule has 3 aromatic rings. The number of ether oxygens (including phenoxy) is 2. The van der Waals surface area contributed by atoms with Gasteiger partial charge in [-0.2, -0.15) is 5.26 Å². The second-order valence-electron chi connectivity index (χ2n) is 6.55. The zero-order valence-corrected chi connectivity index (χ0v) is 16.2. The predicted octanol–water partition coefficient (Wildman–Crippen LogP) is 4.92. The van der Waals surface area contributed by atoms with Crippen molar-refractivity contribution >= 4 is 17.6 Å². The van der Waals surface area contributed by atoms with E-state index in [1.54, 1.807) is 42.5 Å². The second-order valence-corrected chi connectivity index (χ2v) is 6.98. The average molecular weight is 421 g/mol. The Bertz CT molecular complexity index is 1220. The van der Waals surface area contributed by atoms with Crippen molar-refractivity contribution in [3.8, 4) is 17.6 Å². The van der Waals surface area contributed by atoms with Crippen molar-refractivity contribution in [2.75, 3.05) is 0 Å². The van der Waals surface area contributed by atoms with Crippen molar-refractivity contribution in [2.24, 2.45) is 5.73 Å². The van der Waals surface area contributed by atoms with Crippen LogP contribution in [0.25, 0.3) is 0 Å². The monoisotopic (exact) mass is 420 g/mol. The zero-order chi connectivity index (χ0) is 21.3. The SMILES string of the molecule is N#CC1=C(N)Oc2cc(OC(=O)c3ccccc3F)ccc2C1c1ccc(Cl)cc1. The molecule has 1 aliphatic heterocycles. The molecule has 2 N–H and O–H groups in total. The molecule has 4 rings (SSSR count). The van der Waals surface area contributed by atoms with Crippen molar-refractivity contribution < 1.29 is 18.7 Å². The molecule has 0 radical (unpaired) electrons. The van der Waals surface area contributed by atoms with Crippen molar-refractivity contribution in [1.29, 1.82) is 5.26 Å². The zero-order valence-electron chi connectivity index (χ0n) is 15.4. The quantitative estimate of drug-likeness (QED) is 0.480. The van der Waals surface area contributed by atoms with Gasteiger partial charge in [-0.05, 0) is 35.9 Å². The maximum Gasteiger partial charge on any atom is 0.346 e. The maximum atomic E-state index is 13.8. The van der Waals surface area contributed by atoms with Crippen LogP contribution in [0.1, 0.15) is 27.4 Å². The Labute approximate surface area is 176 Å². The molecule has 3 aromatic carbocycles. The first kappa shape index (κ1) is 19.5. The van der Waals surface area contributed by atoms with Gasteiger partial charge in [-0.1, -0.05) is 41.9 Å². The summed E-state index contributed by atoms with van der Waals surface area (Å²) in [6.45, 7) is 0. The predicted molar refractivity (Wildman–Crippen MR) is 109 cm³/mol. The van der Waals surface area contributed by atoms with Gasteiger partial charge in [0.2, 0.25) is 5.88 Å². The highest BCUT2D eigenvalue weighted by atomic mass is 35.5. The van der Waals surface area contributed by atoms with Gasteiger partial charge in [0.1, 0.15) is 29.0 Å². The molecular formula is C23H14ClFN2O3. The Kier molecular flexibility index (Phi) is 5.13. The smallest absolute Gasteiger partial charge is 0.346 e. The van der Waals surface area contributed by atoms with Gasteiger partial charge in [0.05, 0.1) is 11.5 Å². The summed E-state index contributed by atoms with van der Waals surface area (Å²) in [5.74, 6) is -1.52. The first-order valence-corrected chi connectivity index (χ1v) is 9.29. The van der Waals surface area contributed by atoms with Gasteiger partial charge in [0, 0.05) is 16.7 Å². The summed E-state index contributed by atoms with van der Waals surface area (Å²) in [5.41, 5.74) is 7.54. The fraction of sp³-hybridized carbons (Fsp3) is 0.0435. The van der Waals surface area contributed by atoms with E-state index in [0.717, 1.165) is 5.56 Å². The normalized spacial score (nSPS) is 15.0. The van der Waals surface area contributed by atoms with Crippen LogP contribution in [0.4, 0.5) is 4.39 Å². The minimum absolute atomic E-state index is 0.0393. The number of halogens is 2. The van der Waals surface area contributed by atoms with Crippen LogP contribution in [-0.4, -0.2) is 5.97 Å². The first-order valence-electron chi connectivity index (χ1n) is 8.91. The number of allylic oxidation sites excluding steroid dienone is 1. The van der Waals surface area contributed by atoms with E-state index in [4.69, 9.17) is 26.8 Å². The molecule has 148 valence electrons. The fourth-order valence-electron chi connectivity index (χ4n) is 3.29. The lowest BCUT2D eigenvalue weighted by Crippen LogP contribution is -2.21. The number of nitrogens with zero attached hydrogens (tertiary/aromatic N) is 1. The molecule has 0 saturated carbocycles. The molecule has 0 saturated heterocycles. The third-order valence-electron chi connectivity index (χ3n) is 4.70. The Morgan fingerprint density at radius 1 is 1.13 bits per heavy atom. The van der Waals surface area contributed by atoms with E-state index in [1.807, 2.05) is 0 Å². The Morgan fingerprint density at radius 2 is 1.87 bits per heavy atom. The maximum absolute atomic E-state index is 13.8. The molecule has 5 nitrogen and oxygen atoms in total. The summed E-state index contributed by atoms with van der Waals surface area (Å²) in [4.78, 5) is 12.3. The van der Waals surface area contributed by atoms with E-state index in [1.165, 1.54) is 24.3 Å². The minimum atomic E-state index is -0.834. The van der Waals surface area contributed by atoms with Gasteiger partial charge in [-0.3, -0.25) is 0 Å². The van der Waals surface area contributed by atoms with Gasteiger partial charge in [-0.15, -0.1) is 0 Å². The highest BCUT2D eigenvalue weighted by molar-refractivity contribution is 6.30. The summed E-state index contributed by atoms with van der Waals surface area (Å²) in [6, 6.07) is 19.4. The summed E-state index contributed by atoms with van der Waals surface area (Å²) in [6.07, 6.45) is 0. The van der Waals surface area contributed by atoms with Crippen LogP contribution >= 0.6 is 11.6 Å². The molecule has 1 unspecified atom stereocenters. The number of esters is 1. The second kappa shape index (κ2) is 7.90. The third-order valence-corrected chi connectivity index (χ3v) is 4.95. The van der Waals surface area contributed by atoms with Crippen molar-refractivity contribution in [3.05, 3.63) is 106 Å². The van der Waals surface area contributed by atoms with Crippen LogP contribution < -0.4 is 15.2 Å². The standard InChI is InChI=1S/C23H14ClFN2O3/c24-14-7-5-13(6-8-14)21-17-10-9-15(11-20(17)30-22(27)18(21)12-26)29-23(28)16-3-1-2-4-19(16)25/h1-11,21H,27H2. The molecular weight excluding hydrogens is 407 g/mol. The molecule has 0 amide bonds. The van der Waals surface area contributed by atoms with Gasteiger partial charge in [0.15, 0.2) is 0 Å². The van der Waals surface area contributed by atoms with Crippen LogP contribution in [0, 0.1) is 17.1 Å². The number of rotatable bonds is 3. The highest BCUT2D eigenvalue weighted by Crippen LogP contribution is 2.43. The molecule has 0 bridgehead atoms. The fourth-order valence-corrected chi connectivity index (χ4v) is 3.41. The summed E-state index contributed by atoms with van der Waals surface area (Å²) >= 11 is 5.98. The minimum Gasteiger partial charge on any atom is -0.440 e. The number of hydrogen-bond donors (Lipinski definition) is 1. The van der Waals surface area contributed by atoms with Gasteiger partial charge in [0.25, 0.3) is 0 Å². The van der Waals surface area contributed by atoms with E-state index in [2.05, 4.69) is 6.07 Å². The third kappa shape index (κ3) is 3.59. The van der Waals surface area contributed by atoms with Gasteiger partial charge < -0.3 is 15.2 Å². The van der Waals surface area contributed by atoms with Crippen molar-refractivity contribution in [1.82, 2.24) is 0 Å². The van der Waals surface area contributed by atoms with Gasteiger partial charge in [-0.25, -0.2) is 9.18 Å². The highest BCUT2D eigenvalue weighted by Gasteiger charge is 2.31. The number of fused-ring (bicyclic) bond motifs is 1. The van der Waals surface area contributed by atoms with Crippen molar-refractivity contribution in [3.63, 3.8) is 0 Å². The van der Waals surface area contributed by atoms with Crippen LogP contribution in [0.3, 0.4) is 0 Å². The first-order chi connectivity index (χ1) is 14.5. The lowest BCUT2D eigenvalue weighted by atomic mass is 9.83. The number of benzene rings is 3. The van der Waals surface area contributed by atoms with Crippen LogP contribution in [0.15, 0.2) is 78.2 Å². The van der Waals surface area contributed by atoms with E-state index in [9.17, 15) is 14.4 Å². The average Bonchev–Trinajstić information content (AvgIpc) is 2.73. The number of nitriles is 1. The lowest BCUT2D eigenvalue weighted by molar-refractivity contribution is 0.0729. The molecule has 30 heavy (non-hydrogen) atoms. The van der Waals surface area contributed by atoms with E-state index in [0.29, 0.717) is 16.3 Å². The molecule has 0 spiro atoms. The van der Waals surface area contributed by atoms with Gasteiger partial charge >= 0.3 is 5.97 Å². The van der Waals surface area contributed by atoms with Crippen LogP contribution in [0.5, 0.6) is 11.5 Å². The van der Waals surface area contributed by atoms with Crippen molar-refractivity contribution in [2.45, 2.75) is 5.92 Å². The molecule has 1 heterocycles. The summed E-state index contributed by atoms with van der Waals surface area (Å²) < 4.78 is 24.7. The molecule has 1 aliphatic rings. The molecule has 7 heteroatoms. The van der Waals surface area contributed by atoms with E-state index < -0.39 is 17.7 Å². The Balaban J connectivity index is 1.70. The molecule has 0 aliphatic carbocycles. The van der Waals surface area contributed by atoms with Crippen LogP contribution in [-0.2, 0) is 0 Å². The molecule has 1 atom stereocenters. The molecule has 0 fully saturated rings. The Hall–Kier alpha value is -3.82. The van der Waals surface area contributed by atoms with E-state index >= 15 is 0 Å². The molecule has 0 aromatic heterocycles. The van der Waals surface area contributed by atoms with E-state index in [-0.39, 0.29) is 22.8 Å². The number of carbonyl (C=O) groups excluding carboxylic acids is 1. The number of hydrogen-bond acceptors (Lipinski definition) is 5. The topological polar surface area (TPSA) is 85.3 Å². The summed E-state index contributed by atoms with van der Waals surface area (Å²) in [5, 5.41) is 10.2. The van der Waals surface area contributed by atoms with Crippen LogP contribution in [0.2, 0.25) is 5.02 Å². The number of carbonyl (C=O) groups is 1.